The van der Waals surface area contributed by atoms with Gasteiger partial charge in [0.2, 0.25) is 10.0 Å². The van der Waals surface area contributed by atoms with Crippen LogP contribution in [-0.4, -0.2) is 55.2 Å². The molecule has 2 aliphatic rings. The molecule has 0 aromatic heterocycles. The fraction of sp³-hybridized carbons (Fsp3) is 0.600. The van der Waals surface area contributed by atoms with Crippen molar-refractivity contribution in [2.24, 2.45) is 5.92 Å². The number of amides is 1. The van der Waals surface area contributed by atoms with Crippen molar-refractivity contribution in [3.8, 4) is 0 Å². The number of carboxylic acids is 1. The molecule has 0 bridgehead atoms. The average molecular weight is 425 g/mol. The molecule has 1 saturated heterocycles. The van der Waals surface area contributed by atoms with Crippen LogP contribution in [0.25, 0.3) is 0 Å². The van der Waals surface area contributed by atoms with Gasteiger partial charge >= 0.3 is 12.1 Å². The normalized spacial score (nSPS) is 22.9. The van der Waals surface area contributed by atoms with Crippen molar-refractivity contribution in [2.45, 2.75) is 62.5 Å². The van der Waals surface area contributed by atoms with Gasteiger partial charge in [-0.2, -0.15) is 0 Å². The van der Waals surface area contributed by atoms with E-state index < -0.39 is 21.6 Å². The van der Waals surface area contributed by atoms with Gasteiger partial charge in [0.1, 0.15) is 5.60 Å². The maximum Gasteiger partial charge on any atom is 0.410 e. The van der Waals surface area contributed by atoms with Gasteiger partial charge in [0.15, 0.2) is 0 Å². The zero-order valence-electron chi connectivity index (χ0n) is 16.9. The summed E-state index contributed by atoms with van der Waals surface area (Å²) in [6.07, 6.45) is 1.24. The average Bonchev–Trinajstić information content (AvgIpc) is 3.42. The minimum absolute atomic E-state index is 0.0330. The standard InChI is InChI=1S/C20H28N2O6S/c1-20(2,3)28-19(25)22-10-8-14(9-11-22)21-29(26,27)15-6-4-13(5-7-15)16-12-17(16)18(23)24/h4-7,14,16-17,21H,8-12H2,1-3H3,(H,23,24). The molecule has 1 aromatic carbocycles. The first-order valence-electron chi connectivity index (χ1n) is 9.79. The van der Waals surface area contributed by atoms with E-state index in [1.807, 2.05) is 20.8 Å². The molecule has 1 aliphatic heterocycles. The van der Waals surface area contributed by atoms with Crippen LogP contribution >= 0.6 is 0 Å². The molecule has 2 N–H and O–H groups in total. The second-order valence-corrected chi connectivity index (χ2v) is 10.4. The lowest BCUT2D eigenvalue weighted by Gasteiger charge is -2.33. The largest absolute Gasteiger partial charge is 0.481 e. The highest BCUT2D eigenvalue weighted by Gasteiger charge is 2.44. The van der Waals surface area contributed by atoms with Crippen molar-refractivity contribution in [1.29, 1.82) is 0 Å². The summed E-state index contributed by atoms with van der Waals surface area (Å²) in [5.41, 5.74) is 0.286. The molecule has 160 valence electrons. The Kier molecular flexibility index (Phi) is 5.91. The quantitative estimate of drug-likeness (QED) is 0.751. The maximum absolute atomic E-state index is 12.7. The van der Waals surface area contributed by atoms with Gasteiger partial charge in [-0.25, -0.2) is 17.9 Å². The number of hydrogen-bond donors (Lipinski definition) is 2. The molecule has 3 rings (SSSR count). The van der Waals surface area contributed by atoms with Crippen LogP contribution < -0.4 is 4.72 Å². The van der Waals surface area contributed by atoms with Crippen molar-refractivity contribution in [2.75, 3.05) is 13.1 Å². The molecule has 2 fully saturated rings. The predicted octanol–water partition coefficient (Wildman–Crippen LogP) is 2.55. The van der Waals surface area contributed by atoms with Gasteiger partial charge in [0.05, 0.1) is 10.8 Å². The molecular weight excluding hydrogens is 396 g/mol. The van der Waals surface area contributed by atoms with Gasteiger partial charge in [-0.1, -0.05) is 12.1 Å². The van der Waals surface area contributed by atoms with Crippen molar-refractivity contribution in [3.05, 3.63) is 29.8 Å². The molecule has 0 radical (unpaired) electrons. The number of likely N-dealkylation sites (tertiary alicyclic amines) is 1. The van der Waals surface area contributed by atoms with E-state index in [2.05, 4.69) is 4.72 Å². The number of ether oxygens (including phenoxy) is 1. The molecule has 2 atom stereocenters. The number of hydrogen-bond acceptors (Lipinski definition) is 5. The van der Waals surface area contributed by atoms with Crippen LogP contribution in [-0.2, 0) is 19.6 Å². The first-order chi connectivity index (χ1) is 13.5. The number of nitrogens with one attached hydrogen (secondary N) is 1. The minimum atomic E-state index is -3.68. The van der Waals surface area contributed by atoms with Crippen LogP contribution in [0.2, 0.25) is 0 Å². The third-order valence-corrected chi connectivity index (χ3v) is 6.73. The van der Waals surface area contributed by atoms with E-state index in [9.17, 15) is 18.0 Å². The number of carbonyl (C=O) groups excluding carboxylic acids is 1. The number of rotatable bonds is 5. The first kappa shape index (κ1) is 21.6. The fourth-order valence-corrected chi connectivity index (χ4v) is 4.83. The summed E-state index contributed by atoms with van der Waals surface area (Å²) in [5, 5.41) is 9.02. The van der Waals surface area contributed by atoms with Gasteiger partial charge in [-0.15, -0.1) is 0 Å². The van der Waals surface area contributed by atoms with Gasteiger partial charge < -0.3 is 14.7 Å². The second kappa shape index (κ2) is 7.95. The zero-order chi connectivity index (χ0) is 21.4. The number of nitrogens with zero attached hydrogens (tertiary/aromatic N) is 1. The molecular formula is C20H28N2O6S. The van der Waals surface area contributed by atoms with E-state index in [1.54, 1.807) is 17.0 Å². The Morgan fingerprint density at radius 3 is 2.21 bits per heavy atom. The summed E-state index contributed by atoms with van der Waals surface area (Å²) in [4.78, 5) is 24.9. The van der Waals surface area contributed by atoms with Crippen molar-refractivity contribution in [3.63, 3.8) is 0 Å². The lowest BCUT2D eigenvalue weighted by molar-refractivity contribution is -0.138. The second-order valence-electron chi connectivity index (χ2n) is 8.72. The van der Waals surface area contributed by atoms with E-state index in [1.165, 1.54) is 12.1 Å². The Balaban J connectivity index is 1.54. The van der Waals surface area contributed by atoms with Crippen LogP contribution in [0.4, 0.5) is 4.79 Å². The van der Waals surface area contributed by atoms with Gasteiger partial charge in [0.25, 0.3) is 0 Å². The van der Waals surface area contributed by atoms with Crippen LogP contribution in [0.5, 0.6) is 0 Å². The summed E-state index contributed by atoms with van der Waals surface area (Å²) >= 11 is 0. The molecule has 1 heterocycles. The molecule has 1 amide bonds. The molecule has 9 heteroatoms. The highest BCUT2D eigenvalue weighted by molar-refractivity contribution is 7.89. The summed E-state index contributed by atoms with van der Waals surface area (Å²) in [6, 6.07) is 6.16. The smallest absolute Gasteiger partial charge is 0.410 e. The van der Waals surface area contributed by atoms with Crippen LogP contribution in [0.1, 0.15) is 51.5 Å². The van der Waals surface area contributed by atoms with E-state index in [-0.39, 0.29) is 28.9 Å². The van der Waals surface area contributed by atoms with E-state index in [4.69, 9.17) is 9.84 Å². The van der Waals surface area contributed by atoms with Crippen molar-refractivity contribution in [1.82, 2.24) is 9.62 Å². The highest BCUT2D eigenvalue weighted by atomic mass is 32.2. The molecule has 1 saturated carbocycles. The molecule has 0 spiro atoms. The Bertz CT molecular complexity index is 867. The molecule has 1 aliphatic carbocycles. The lowest BCUT2D eigenvalue weighted by Crippen LogP contribution is -2.47. The van der Waals surface area contributed by atoms with Crippen LogP contribution in [0.15, 0.2) is 29.2 Å². The summed E-state index contributed by atoms with van der Waals surface area (Å²) in [7, 11) is -3.68. The van der Waals surface area contributed by atoms with Gasteiger partial charge in [-0.3, -0.25) is 4.79 Å². The third-order valence-electron chi connectivity index (χ3n) is 5.19. The first-order valence-corrected chi connectivity index (χ1v) is 11.3. The van der Waals surface area contributed by atoms with Crippen LogP contribution in [0.3, 0.4) is 0 Å². The molecule has 8 nitrogen and oxygen atoms in total. The Labute approximate surface area is 171 Å². The fourth-order valence-electron chi connectivity index (χ4n) is 3.52. The number of aliphatic carboxylic acids is 1. The summed E-state index contributed by atoms with van der Waals surface area (Å²) < 4.78 is 33.4. The monoisotopic (exact) mass is 424 g/mol. The van der Waals surface area contributed by atoms with Gasteiger partial charge in [0, 0.05) is 19.1 Å². The molecule has 2 unspecified atom stereocenters. The molecule has 1 aromatic rings. The SMILES string of the molecule is CC(C)(C)OC(=O)N1CCC(NS(=O)(=O)c2ccc(C3CC3C(=O)O)cc2)CC1. The van der Waals surface area contributed by atoms with E-state index >= 15 is 0 Å². The zero-order valence-corrected chi connectivity index (χ0v) is 17.7. The predicted molar refractivity (Wildman–Crippen MR) is 106 cm³/mol. The number of piperidine rings is 1. The number of carboxylic acid groups (broad SMARTS) is 1. The Morgan fingerprint density at radius 2 is 1.72 bits per heavy atom. The van der Waals surface area contributed by atoms with Crippen LogP contribution in [0, 0.1) is 5.92 Å². The summed E-state index contributed by atoms with van der Waals surface area (Å²) in [6.45, 7) is 6.28. The Morgan fingerprint density at radius 1 is 1.14 bits per heavy atom. The van der Waals surface area contributed by atoms with Gasteiger partial charge in [-0.05, 0) is 63.6 Å². The number of benzene rings is 1. The third kappa shape index (κ3) is 5.48. The number of carbonyl (C=O) groups is 2. The van der Waals surface area contributed by atoms with E-state index in [0.717, 1.165) is 5.56 Å². The molecule has 29 heavy (non-hydrogen) atoms. The van der Waals surface area contributed by atoms with Crippen molar-refractivity contribution < 1.29 is 27.9 Å². The maximum atomic E-state index is 12.7. The topological polar surface area (TPSA) is 113 Å². The minimum Gasteiger partial charge on any atom is -0.481 e. The lowest BCUT2D eigenvalue weighted by atomic mass is 10.1. The summed E-state index contributed by atoms with van der Waals surface area (Å²) in [5.74, 6) is -1.22. The Hall–Kier alpha value is -2.13. The van der Waals surface area contributed by atoms with E-state index in [0.29, 0.717) is 32.4 Å². The van der Waals surface area contributed by atoms with Crippen molar-refractivity contribution >= 4 is 22.1 Å². The highest BCUT2D eigenvalue weighted by Crippen LogP contribution is 2.47. The number of sulfonamides is 1.